The zero-order chi connectivity index (χ0) is 9.38. The van der Waals surface area contributed by atoms with Crippen LogP contribution in [0.25, 0.3) is 21.7 Å². The van der Waals surface area contributed by atoms with E-state index in [1.54, 1.807) is 0 Å². The minimum absolute atomic E-state index is 0. The number of nitrogens with zero attached hydrogens (tertiary/aromatic N) is 1. The number of rotatable bonds is 0. The molecule has 0 fully saturated rings. The fraction of sp³-hybridized carbons (Fsp3) is 0. The van der Waals surface area contributed by atoms with Crippen molar-refractivity contribution in [3.8, 4) is 0 Å². The Morgan fingerprint density at radius 3 is 2.56 bits per heavy atom. The normalized spacial score (nSPS) is 9.50. The molecule has 0 aliphatic heterocycles. The van der Waals surface area contributed by atoms with E-state index in [9.17, 15) is 0 Å². The zero-order valence-electron chi connectivity index (χ0n) is 8.90. The Morgan fingerprint density at radius 1 is 0.938 bits per heavy atom. The number of hydrogen-bond donors (Lipinski definition) is 0. The number of fused-ring (bicyclic) bond motifs is 3. The minimum Gasteiger partial charge on any atom is -0.358 e. The van der Waals surface area contributed by atoms with Gasteiger partial charge < -0.3 is 12.4 Å². The molecule has 83 valence electrons. The van der Waals surface area contributed by atoms with Gasteiger partial charge in [-0.05, 0) is 17.0 Å². The van der Waals surface area contributed by atoms with Crippen molar-refractivity contribution >= 4 is 21.7 Å². The Bertz CT molecular complexity index is 550. The minimum atomic E-state index is 0. The van der Waals surface area contributed by atoms with Gasteiger partial charge in [0.25, 0.3) is 0 Å². The van der Waals surface area contributed by atoms with E-state index in [1.807, 2.05) is 24.4 Å². The van der Waals surface area contributed by atoms with E-state index < -0.39 is 0 Å². The van der Waals surface area contributed by atoms with Gasteiger partial charge in [-0.15, -0.1) is 35.0 Å². The fourth-order valence-corrected chi connectivity index (χ4v) is 1.73. The maximum atomic E-state index is 4.38. The van der Waals surface area contributed by atoms with E-state index in [-0.39, 0.29) is 27.5 Å². The third-order valence-electron chi connectivity index (χ3n) is 2.41. The van der Waals surface area contributed by atoms with Crippen molar-refractivity contribution in [2.75, 3.05) is 0 Å². The third kappa shape index (κ3) is 1.99. The number of hydrogen-bond acceptors (Lipinski definition) is 1. The van der Waals surface area contributed by atoms with Gasteiger partial charge in [0.05, 0.1) is 0 Å². The second-order valence-corrected chi connectivity index (χ2v) is 3.28. The average Bonchev–Trinajstić information content (AvgIpc) is 2.29. The topological polar surface area (TPSA) is 12.9 Å². The molecule has 0 amide bonds. The molecule has 0 N–H and O–H groups in total. The van der Waals surface area contributed by atoms with E-state index in [0.29, 0.717) is 0 Å². The van der Waals surface area contributed by atoms with Gasteiger partial charge in [0, 0.05) is 26.3 Å². The third-order valence-corrected chi connectivity index (χ3v) is 2.41. The van der Waals surface area contributed by atoms with Crippen molar-refractivity contribution in [3.05, 3.63) is 62.2 Å². The largest absolute Gasteiger partial charge is 0.358 e. The van der Waals surface area contributed by atoms with Crippen LogP contribution < -0.4 is 0 Å². The molecule has 2 heteroatoms. The molecule has 3 rings (SSSR count). The van der Waals surface area contributed by atoms with Gasteiger partial charge in [-0.25, -0.2) is 0 Å². The Labute approximate surface area is 109 Å². The van der Waals surface area contributed by atoms with E-state index in [2.05, 4.69) is 35.3 Å². The Balaban J connectivity index is 0.000000640. The first-order chi connectivity index (χ1) is 6.95. The number of benzene rings is 2. The summed E-state index contributed by atoms with van der Waals surface area (Å²) >= 11 is 0. The maximum Gasteiger partial charge on any atom is 0.0161 e. The summed E-state index contributed by atoms with van der Waals surface area (Å²) in [6.07, 6.45) is 1.82. The molecule has 0 atom stereocenters. The van der Waals surface area contributed by atoms with E-state index in [4.69, 9.17) is 0 Å². The summed E-state index contributed by atoms with van der Waals surface area (Å²) in [6.45, 7) is 0. The van der Waals surface area contributed by atoms with Crippen LogP contribution in [0.15, 0.2) is 48.7 Å². The van der Waals surface area contributed by atoms with Crippen LogP contribution in [0.2, 0.25) is 0 Å². The van der Waals surface area contributed by atoms with Crippen molar-refractivity contribution in [2.24, 2.45) is 0 Å². The van der Waals surface area contributed by atoms with Crippen molar-refractivity contribution in [2.45, 2.75) is 0 Å². The SMILES string of the molecule is [CH3-].[Ir].[c-]1cccc2ccc3cccnc3c12. The molecule has 0 saturated carbocycles. The van der Waals surface area contributed by atoms with Gasteiger partial charge in [0.2, 0.25) is 0 Å². The molecule has 1 aromatic heterocycles. The molecule has 1 radical (unpaired) electrons. The second-order valence-electron chi connectivity index (χ2n) is 3.28. The summed E-state index contributed by atoms with van der Waals surface area (Å²) in [4.78, 5) is 4.38. The molecule has 0 bridgehead atoms. The summed E-state index contributed by atoms with van der Waals surface area (Å²) in [5.74, 6) is 0. The van der Waals surface area contributed by atoms with Gasteiger partial charge in [0.15, 0.2) is 0 Å². The first kappa shape index (κ1) is 12.8. The number of aromatic nitrogens is 1. The van der Waals surface area contributed by atoms with Gasteiger partial charge in [-0.1, -0.05) is 18.2 Å². The quantitative estimate of drug-likeness (QED) is 0.425. The monoisotopic (exact) mass is 386 g/mol. The fourth-order valence-electron chi connectivity index (χ4n) is 1.73. The predicted molar refractivity (Wildman–Crippen MR) is 64.5 cm³/mol. The summed E-state index contributed by atoms with van der Waals surface area (Å²) in [6, 6.07) is 17.5. The van der Waals surface area contributed by atoms with Gasteiger partial charge in [-0.3, -0.25) is 0 Å². The Kier molecular flexibility index (Phi) is 4.17. The summed E-state index contributed by atoms with van der Waals surface area (Å²) < 4.78 is 0. The van der Waals surface area contributed by atoms with Crippen LogP contribution in [-0.4, -0.2) is 4.98 Å². The Morgan fingerprint density at radius 2 is 1.69 bits per heavy atom. The second kappa shape index (κ2) is 5.20. The smallest absolute Gasteiger partial charge is 0.0161 e. The van der Waals surface area contributed by atoms with Crippen LogP contribution in [0.3, 0.4) is 0 Å². The molecule has 16 heavy (non-hydrogen) atoms. The molecule has 1 nitrogen and oxygen atoms in total. The zero-order valence-corrected chi connectivity index (χ0v) is 11.3. The van der Waals surface area contributed by atoms with E-state index in [0.717, 1.165) is 10.9 Å². The molecule has 3 aromatic rings. The van der Waals surface area contributed by atoms with E-state index >= 15 is 0 Å². The molecule has 0 aliphatic rings. The standard InChI is InChI=1S/C13H8N.CH3.Ir/c1-2-6-12-10(4-1)7-8-11-5-3-9-14-13(11)12;;/h1-5,7-9H;1H3;/q2*-1;. The van der Waals surface area contributed by atoms with Gasteiger partial charge in [0.1, 0.15) is 0 Å². The van der Waals surface area contributed by atoms with Crippen molar-refractivity contribution in [3.63, 3.8) is 0 Å². The molecule has 0 unspecified atom stereocenters. The van der Waals surface area contributed by atoms with Crippen LogP contribution in [0.4, 0.5) is 0 Å². The summed E-state index contributed by atoms with van der Waals surface area (Å²) in [5.41, 5.74) is 1.03. The van der Waals surface area contributed by atoms with Crippen LogP contribution in [0, 0.1) is 13.5 Å². The average molecular weight is 385 g/mol. The summed E-state index contributed by atoms with van der Waals surface area (Å²) in [7, 11) is 0. The molecular formula is C14H11IrN-2. The van der Waals surface area contributed by atoms with Gasteiger partial charge in [-0.2, -0.15) is 0 Å². The molecule has 0 spiro atoms. The van der Waals surface area contributed by atoms with Crippen molar-refractivity contribution in [1.29, 1.82) is 0 Å². The number of pyridine rings is 1. The van der Waals surface area contributed by atoms with Crippen LogP contribution in [0.1, 0.15) is 0 Å². The predicted octanol–water partition coefficient (Wildman–Crippen LogP) is 3.64. The van der Waals surface area contributed by atoms with Gasteiger partial charge >= 0.3 is 0 Å². The van der Waals surface area contributed by atoms with Crippen molar-refractivity contribution < 1.29 is 20.1 Å². The molecular weight excluding hydrogens is 374 g/mol. The molecule has 2 aromatic carbocycles. The first-order valence-corrected chi connectivity index (χ1v) is 4.59. The molecule has 1 heterocycles. The first-order valence-electron chi connectivity index (χ1n) is 4.59. The Hall–Kier alpha value is -1.24. The van der Waals surface area contributed by atoms with Crippen LogP contribution >= 0.6 is 0 Å². The van der Waals surface area contributed by atoms with Crippen molar-refractivity contribution in [1.82, 2.24) is 4.98 Å². The van der Waals surface area contributed by atoms with Crippen LogP contribution in [-0.2, 0) is 20.1 Å². The maximum absolute atomic E-state index is 4.38. The van der Waals surface area contributed by atoms with Crippen LogP contribution in [0.5, 0.6) is 0 Å². The molecule has 0 saturated heterocycles. The molecule has 0 aliphatic carbocycles. The summed E-state index contributed by atoms with van der Waals surface area (Å²) in [5, 5.41) is 3.46. The van der Waals surface area contributed by atoms with E-state index in [1.165, 1.54) is 10.8 Å².